The number of nitrogens with zero attached hydrogens (tertiary/aromatic N) is 2. The van der Waals surface area contributed by atoms with Gasteiger partial charge in [-0.1, -0.05) is 29.4 Å². The lowest BCUT2D eigenvalue weighted by Gasteiger charge is -2.32. The van der Waals surface area contributed by atoms with Gasteiger partial charge in [-0.05, 0) is 44.0 Å². The van der Waals surface area contributed by atoms with E-state index in [1.807, 2.05) is 24.3 Å². The number of amides is 1. The average molecular weight is 424 g/mol. The number of carbonyl (C=O) groups excluding carboxylic acids is 1. The number of piperidine rings is 1. The monoisotopic (exact) mass is 424 g/mol. The molecule has 0 radical (unpaired) electrons. The third-order valence-electron chi connectivity index (χ3n) is 5.56. The maximum Gasteiger partial charge on any atom is 0.259 e. The summed E-state index contributed by atoms with van der Waals surface area (Å²) in [6.45, 7) is 3.27. The molecule has 1 aliphatic rings. The molecule has 6 nitrogen and oxygen atoms in total. The summed E-state index contributed by atoms with van der Waals surface area (Å²) in [5, 5.41) is 4.15. The van der Waals surface area contributed by atoms with Crippen LogP contribution in [-0.2, 0) is 0 Å². The highest BCUT2D eigenvalue weighted by atomic mass is 19.1. The van der Waals surface area contributed by atoms with Gasteiger partial charge in [0.2, 0.25) is 0 Å². The normalized spacial score (nSPS) is 16.2. The fraction of sp³-hybridized carbons (Fsp3) is 0.333. The summed E-state index contributed by atoms with van der Waals surface area (Å²) >= 11 is 0. The van der Waals surface area contributed by atoms with Crippen LogP contribution in [0.5, 0.6) is 11.5 Å². The van der Waals surface area contributed by atoms with E-state index < -0.39 is 0 Å². The summed E-state index contributed by atoms with van der Waals surface area (Å²) in [4.78, 5) is 15.2. The van der Waals surface area contributed by atoms with Crippen molar-refractivity contribution in [3.8, 4) is 22.8 Å². The number of carbonyl (C=O) groups is 1. The first kappa shape index (κ1) is 20.9. The third kappa shape index (κ3) is 4.40. The van der Waals surface area contributed by atoms with Crippen LogP contribution in [0.15, 0.2) is 53.1 Å². The Morgan fingerprint density at radius 3 is 2.71 bits per heavy atom. The fourth-order valence-electron chi connectivity index (χ4n) is 3.96. The molecule has 3 aromatic rings. The zero-order valence-electron chi connectivity index (χ0n) is 17.6. The Labute approximate surface area is 180 Å². The molecular formula is C24H25FN2O4. The molecule has 1 aromatic heterocycles. The number of ether oxygens (including phenoxy) is 2. The molecule has 0 aliphatic carbocycles. The Morgan fingerprint density at radius 2 is 1.94 bits per heavy atom. The van der Waals surface area contributed by atoms with Crippen molar-refractivity contribution >= 4 is 5.91 Å². The highest BCUT2D eigenvalue weighted by molar-refractivity contribution is 6.01. The lowest BCUT2D eigenvalue weighted by Crippen LogP contribution is -2.41. The summed E-state index contributed by atoms with van der Waals surface area (Å²) in [6.07, 6.45) is 1.77. The van der Waals surface area contributed by atoms with E-state index in [0.29, 0.717) is 48.0 Å². The molecule has 1 aliphatic heterocycles. The molecule has 7 heteroatoms. The van der Waals surface area contributed by atoms with Crippen molar-refractivity contribution in [2.24, 2.45) is 5.92 Å². The number of halogens is 1. The molecule has 1 fully saturated rings. The summed E-state index contributed by atoms with van der Waals surface area (Å²) in [5.41, 5.74) is 1.63. The molecule has 0 spiro atoms. The van der Waals surface area contributed by atoms with Gasteiger partial charge in [0, 0.05) is 24.6 Å². The van der Waals surface area contributed by atoms with Crippen LogP contribution in [0.1, 0.15) is 29.0 Å². The van der Waals surface area contributed by atoms with Crippen molar-refractivity contribution in [2.45, 2.75) is 19.8 Å². The number of hydrogen-bond acceptors (Lipinski definition) is 5. The second kappa shape index (κ2) is 9.20. The van der Waals surface area contributed by atoms with Crippen LogP contribution < -0.4 is 9.47 Å². The minimum Gasteiger partial charge on any atom is -0.496 e. The number of aromatic nitrogens is 1. The van der Waals surface area contributed by atoms with Gasteiger partial charge in [0.1, 0.15) is 22.8 Å². The fourth-order valence-corrected chi connectivity index (χ4v) is 3.96. The molecule has 1 amide bonds. The first-order valence-electron chi connectivity index (χ1n) is 10.3. The topological polar surface area (TPSA) is 64.8 Å². The summed E-state index contributed by atoms with van der Waals surface area (Å²) in [5.74, 6) is 0.935. The minimum absolute atomic E-state index is 0.118. The molecule has 2 heterocycles. The number of likely N-dealkylation sites (tertiary alicyclic amines) is 1. The number of hydrogen-bond donors (Lipinski definition) is 0. The van der Waals surface area contributed by atoms with E-state index in [-0.39, 0.29) is 23.4 Å². The Hall–Kier alpha value is -3.35. The van der Waals surface area contributed by atoms with Crippen LogP contribution >= 0.6 is 0 Å². The summed E-state index contributed by atoms with van der Waals surface area (Å²) < 4.78 is 30.3. The van der Waals surface area contributed by atoms with Crippen molar-refractivity contribution in [1.82, 2.24) is 10.1 Å². The van der Waals surface area contributed by atoms with Crippen LogP contribution in [0.2, 0.25) is 0 Å². The van der Waals surface area contributed by atoms with Gasteiger partial charge in [-0.3, -0.25) is 4.79 Å². The molecule has 1 atom stereocenters. The lowest BCUT2D eigenvalue weighted by atomic mass is 9.97. The molecule has 31 heavy (non-hydrogen) atoms. The highest BCUT2D eigenvalue weighted by Gasteiger charge is 2.31. The molecule has 1 saturated heterocycles. The average Bonchev–Trinajstić information content (AvgIpc) is 3.19. The Morgan fingerprint density at radius 1 is 1.19 bits per heavy atom. The van der Waals surface area contributed by atoms with E-state index in [4.69, 9.17) is 14.0 Å². The standard InChI is InChI=1S/C24H25FN2O4/c1-16-22(23(26-31-16)18-9-3-5-11-20(18)29-2)24(28)27-13-7-8-17(14-27)15-30-21-12-6-4-10-19(21)25/h3-6,9-12,17H,7-8,13-15H2,1-2H3/t17-/m0/s1. The van der Waals surface area contributed by atoms with Gasteiger partial charge in [0.05, 0.1) is 13.7 Å². The number of benzene rings is 2. The molecule has 162 valence electrons. The van der Waals surface area contributed by atoms with Gasteiger partial charge < -0.3 is 18.9 Å². The Kier molecular flexibility index (Phi) is 6.21. The van der Waals surface area contributed by atoms with Gasteiger partial charge in [-0.15, -0.1) is 0 Å². The highest BCUT2D eigenvalue weighted by Crippen LogP contribution is 2.34. The first-order chi connectivity index (χ1) is 15.1. The summed E-state index contributed by atoms with van der Waals surface area (Å²) in [7, 11) is 1.58. The SMILES string of the molecule is COc1ccccc1-c1noc(C)c1C(=O)N1CCC[C@H](COc2ccccc2F)C1. The largest absolute Gasteiger partial charge is 0.496 e. The van der Waals surface area contributed by atoms with Gasteiger partial charge >= 0.3 is 0 Å². The minimum atomic E-state index is -0.382. The van der Waals surface area contributed by atoms with Gasteiger partial charge in [-0.2, -0.15) is 0 Å². The van der Waals surface area contributed by atoms with Gasteiger partial charge in [0.15, 0.2) is 11.6 Å². The molecule has 0 unspecified atom stereocenters. The van der Waals surface area contributed by atoms with Crippen molar-refractivity contribution in [1.29, 1.82) is 0 Å². The number of para-hydroxylation sites is 2. The lowest BCUT2D eigenvalue weighted by molar-refractivity contribution is 0.0630. The van der Waals surface area contributed by atoms with Crippen molar-refractivity contribution < 1.29 is 23.2 Å². The van der Waals surface area contributed by atoms with E-state index >= 15 is 0 Å². The second-order valence-electron chi connectivity index (χ2n) is 7.66. The van der Waals surface area contributed by atoms with Gasteiger partial charge in [0.25, 0.3) is 5.91 Å². The zero-order chi connectivity index (χ0) is 21.8. The summed E-state index contributed by atoms with van der Waals surface area (Å²) in [6, 6.07) is 13.8. The molecule has 0 bridgehead atoms. The van der Waals surface area contributed by atoms with E-state index in [0.717, 1.165) is 12.8 Å². The van der Waals surface area contributed by atoms with Crippen LogP contribution in [0.4, 0.5) is 4.39 Å². The second-order valence-corrected chi connectivity index (χ2v) is 7.66. The molecule has 0 saturated carbocycles. The van der Waals surface area contributed by atoms with Gasteiger partial charge in [-0.25, -0.2) is 4.39 Å². The predicted molar refractivity (Wildman–Crippen MR) is 114 cm³/mol. The third-order valence-corrected chi connectivity index (χ3v) is 5.56. The first-order valence-corrected chi connectivity index (χ1v) is 10.3. The number of methoxy groups -OCH3 is 1. The number of rotatable bonds is 6. The quantitative estimate of drug-likeness (QED) is 0.572. The maximum atomic E-state index is 13.8. The Balaban J connectivity index is 1.51. The Bertz CT molecular complexity index is 1070. The maximum absolute atomic E-state index is 13.8. The van der Waals surface area contributed by atoms with Crippen molar-refractivity contribution in [2.75, 3.05) is 26.8 Å². The zero-order valence-corrected chi connectivity index (χ0v) is 17.6. The molecular weight excluding hydrogens is 399 g/mol. The van der Waals surface area contributed by atoms with Crippen molar-refractivity contribution in [3.63, 3.8) is 0 Å². The van der Waals surface area contributed by atoms with E-state index in [9.17, 15) is 9.18 Å². The number of aryl methyl sites for hydroxylation is 1. The van der Waals surface area contributed by atoms with Crippen molar-refractivity contribution in [3.05, 3.63) is 65.7 Å². The van der Waals surface area contributed by atoms with E-state index in [1.165, 1.54) is 6.07 Å². The smallest absolute Gasteiger partial charge is 0.259 e. The molecule has 0 N–H and O–H groups in total. The molecule has 2 aromatic carbocycles. The van der Waals surface area contributed by atoms with E-state index in [2.05, 4.69) is 5.16 Å². The predicted octanol–water partition coefficient (Wildman–Crippen LogP) is 4.73. The molecule has 4 rings (SSSR count). The van der Waals surface area contributed by atoms with Crippen LogP contribution in [0.3, 0.4) is 0 Å². The van der Waals surface area contributed by atoms with E-state index in [1.54, 1.807) is 37.1 Å². The van der Waals surface area contributed by atoms with Crippen LogP contribution in [0, 0.1) is 18.7 Å². The van der Waals surface area contributed by atoms with Crippen LogP contribution in [0.25, 0.3) is 11.3 Å². The van der Waals surface area contributed by atoms with Crippen LogP contribution in [-0.4, -0.2) is 42.8 Å².